The van der Waals surface area contributed by atoms with Gasteiger partial charge in [-0.05, 0) is 70.2 Å². The number of nitrogens with one attached hydrogen (secondary N) is 1. The topological polar surface area (TPSA) is 78.3 Å². The van der Waals surface area contributed by atoms with Gasteiger partial charge in [-0.25, -0.2) is 4.39 Å². The molecule has 0 saturated carbocycles. The van der Waals surface area contributed by atoms with Gasteiger partial charge in [-0.2, -0.15) is 0 Å². The van der Waals surface area contributed by atoms with Gasteiger partial charge in [0.05, 0.1) is 12.4 Å². The Kier molecular flexibility index (Phi) is 7.74. The zero-order valence-corrected chi connectivity index (χ0v) is 19.5. The number of benzene rings is 2. The molecule has 1 N–H and O–H groups in total. The largest absolute Gasteiger partial charge is 0.497 e. The third-order valence-electron chi connectivity index (χ3n) is 4.69. The minimum absolute atomic E-state index is 0.0582. The van der Waals surface area contributed by atoms with Crippen molar-refractivity contribution in [3.8, 4) is 11.5 Å². The van der Waals surface area contributed by atoms with Crippen molar-refractivity contribution in [2.24, 2.45) is 0 Å². The molecule has 9 heteroatoms. The second-order valence-electron chi connectivity index (χ2n) is 7.50. The van der Waals surface area contributed by atoms with Gasteiger partial charge in [0.25, 0.3) is 0 Å². The highest BCUT2D eigenvalue weighted by Crippen LogP contribution is 2.30. The van der Waals surface area contributed by atoms with Crippen LogP contribution in [0, 0.1) is 5.82 Å². The first kappa shape index (κ1) is 23.6. The van der Waals surface area contributed by atoms with Crippen LogP contribution in [0.4, 0.5) is 10.1 Å². The number of carbonyl (C=O) groups is 1. The molecule has 1 heterocycles. The van der Waals surface area contributed by atoms with Crippen molar-refractivity contribution in [2.45, 2.75) is 50.2 Å². The van der Waals surface area contributed by atoms with Crippen LogP contribution in [0.5, 0.6) is 11.5 Å². The van der Waals surface area contributed by atoms with Crippen LogP contribution >= 0.6 is 11.8 Å². The van der Waals surface area contributed by atoms with Gasteiger partial charge in [0, 0.05) is 11.7 Å². The average Bonchev–Trinajstić information content (AvgIpc) is 3.18. The van der Waals surface area contributed by atoms with Gasteiger partial charge in [-0.3, -0.25) is 4.79 Å². The fourth-order valence-corrected chi connectivity index (χ4v) is 4.05. The molecule has 1 amide bonds. The van der Waals surface area contributed by atoms with Crippen LogP contribution in [0.25, 0.3) is 0 Å². The van der Waals surface area contributed by atoms with E-state index < -0.39 is 11.1 Å². The molecule has 2 unspecified atom stereocenters. The molecule has 7 nitrogen and oxygen atoms in total. The van der Waals surface area contributed by atoms with Gasteiger partial charge in [0.2, 0.25) is 5.91 Å². The van der Waals surface area contributed by atoms with E-state index in [0.29, 0.717) is 22.4 Å². The number of halogens is 1. The molecule has 3 rings (SSSR count). The number of nitrogens with zero attached hydrogens (tertiary/aromatic N) is 3. The number of thioether (sulfide) groups is 1. The molecule has 0 saturated heterocycles. The summed E-state index contributed by atoms with van der Waals surface area (Å²) in [5.41, 5.74) is 0.412. The fourth-order valence-electron chi connectivity index (χ4n) is 3.06. The lowest BCUT2D eigenvalue weighted by Gasteiger charge is -2.20. The van der Waals surface area contributed by atoms with Crippen molar-refractivity contribution >= 4 is 23.4 Å². The molecule has 0 radical (unpaired) electrons. The molecule has 0 bridgehead atoms. The highest BCUT2D eigenvalue weighted by molar-refractivity contribution is 8.00. The number of methoxy groups -OCH3 is 1. The first-order chi connectivity index (χ1) is 15.3. The maximum atomic E-state index is 13.4. The lowest BCUT2D eigenvalue weighted by Crippen LogP contribution is -2.23. The van der Waals surface area contributed by atoms with Crippen molar-refractivity contribution in [1.82, 2.24) is 14.8 Å². The first-order valence-corrected chi connectivity index (χ1v) is 11.1. The average molecular weight is 459 g/mol. The predicted molar refractivity (Wildman–Crippen MR) is 123 cm³/mol. The molecule has 2 atom stereocenters. The molecule has 0 spiro atoms. The molecule has 0 aliphatic carbocycles. The molecule has 0 aliphatic heterocycles. The summed E-state index contributed by atoms with van der Waals surface area (Å²) in [6, 6.07) is 13.2. The van der Waals surface area contributed by atoms with E-state index in [9.17, 15) is 9.18 Å². The molecule has 170 valence electrons. The van der Waals surface area contributed by atoms with Gasteiger partial charge < -0.3 is 19.4 Å². The van der Waals surface area contributed by atoms with Crippen LogP contribution in [-0.4, -0.2) is 33.0 Å². The summed E-state index contributed by atoms with van der Waals surface area (Å²) in [6.07, 6.45) is -0.357. The summed E-state index contributed by atoms with van der Waals surface area (Å²) in [4.78, 5) is 12.6. The zero-order valence-electron chi connectivity index (χ0n) is 18.7. The Bertz CT molecular complexity index is 1060. The molecule has 0 fully saturated rings. The first-order valence-electron chi connectivity index (χ1n) is 10.3. The quantitative estimate of drug-likeness (QED) is 0.441. The summed E-state index contributed by atoms with van der Waals surface area (Å²) in [5, 5.41) is 11.5. The number of hydrogen-bond donors (Lipinski definition) is 1. The number of hydrogen-bond acceptors (Lipinski definition) is 6. The van der Waals surface area contributed by atoms with Crippen molar-refractivity contribution < 1.29 is 18.7 Å². The third kappa shape index (κ3) is 5.79. The molecule has 32 heavy (non-hydrogen) atoms. The lowest BCUT2D eigenvalue weighted by atomic mass is 10.3. The van der Waals surface area contributed by atoms with Crippen molar-refractivity contribution in [3.63, 3.8) is 0 Å². The minimum Gasteiger partial charge on any atom is -0.497 e. The highest BCUT2D eigenvalue weighted by Gasteiger charge is 2.25. The van der Waals surface area contributed by atoms with E-state index in [2.05, 4.69) is 15.5 Å². The maximum absolute atomic E-state index is 13.4. The molecule has 1 aromatic heterocycles. The Labute approximate surface area is 191 Å². The lowest BCUT2D eigenvalue weighted by molar-refractivity contribution is -0.115. The number of rotatable bonds is 9. The third-order valence-corrected chi connectivity index (χ3v) is 5.74. The van der Waals surface area contributed by atoms with E-state index in [-0.39, 0.29) is 18.1 Å². The summed E-state index contributed by atoms with van der Waals surface area (Å²) < 4.78 is 26.6. The SMILES string of the molecule is COc1ccc(OC(C)c2nnc(SC(C)C(=O)Nc3cccc(F)c3)n2C(C)C)cc1. The van der Waals surface area contributed by atoms with Gasteiger partial charge >= 0.3 is 0 Å². The number of aromatic nitrogens is 3. The second-order valence-corrected chi connectivity index (χ2v) is 8.81. The van der Waals surface area contributed by atoms with E-state index in [4.69, 9.17) is 9.47 Å². The Morgan fingerprint density at radius 3 is 2.38 bits per heavy atom. The van der Waals surface area contributed by atoms with E-state index in [1.165, 1.54) is 23.9 Å². The standard InChI is InChI=1S/C23H27FN4O3S/c1-14(2)28-21(15(3)31-20-11-9-19(30-5)10-12-20)26-27-23(28)32-16(4)22(29)25-18-8-6-7-17(24)13-18/h6-16H,1-5H3,(H,25,29). The number of carbonyl (C=O) groups excluding carboxylic acids is 1. The monoisotopic (exact) mass is 458 g/mol. The smallest absolute Gasteiger partial charge is 0.237 e. The van der Waals surface area contributed by atoms with E-state index >= 15 is 0 Å². The number of anilines is 1. The van der Waals surface area contributed by atoms with Gasteiger partial charge in [-0.15, -0.1) is 10.2 Å². The van der Waals surface area contributed by atoms with Crippen molar-refractivity contribution in [2.75, 3.05) is 12.4 Å². The van der Waals surface area contributed by atoms with Crippen LogP contribution in [0.1, 0.15) is 45.7 Å². The molecule has 0 aliphatic rings. The van der Waals surface area contributed by atoms with Crippen molar-refractivity contribution in [3.05, 3.63) is 60.2 Å². The Hall–Kier alpha value is -3.07. The molecule has 3 aromatic rings. The van der Waals surface area contributed by atoms with E-state index in [1.807, 2.05) is 49.6 Å². The number of amides is 1. The summed E-state index contributed by atoms with van der Waals surface area (Å²) in [5.74, 6) is 1.45. The predicted octanol–water partition coefficient (Wildman–Crippen LogP) is 5.27. The van der Waals surface area contributed by atoms with Gasteiger partial charge in [0.1, 0.15) is 17.3 Å². The van der Waals surface area contributed by atoms with Crippen LogP contribution < -0.4 is 14.8 Å². The summed E-state index contributed by atoms with van der Waals surface area (Å²) in [6.45, 7) is 7.72. The normalized spacial score (nSPS) is 13.0. The van der Waals surface area contributed by atoms with Crippen LogP contribution in [0.3, 0.4) is 0 Å². The van der Waals surface area contributed by atoms with Gasteiger partial charge in [-0.1, -0.05) is 17.8 Å². The van der Waals surface area contributed by atoms with Crippen molar-refractivity contribution in [1.29, 1.82) is 0 Å². The van der Waals surface area contributed by atoms with Crippen LogP contribution in [0.15, 0.2) is 53.7 Å². The van der Waals surface area contributed by atoms with Crippen LogP contribution in [-0.2, 0) is 4.79 Å². The van der Waals surface area contributed by atoms with E-state index in [1.54, 1.807) is 26.2 Å². The molecular weight excluding hydrogens is 431 g/mol. The summed E-state index contributed by atoms with van der Waals surface area (Å²) in [7, 11) is 1.61. The highest BCUT2D eigenvalue weighted by atomic mass is 32.2. The summed E-state index contributed by atoms with van der Waals surface area (Å²) >= 11 is 1.29. The zero-order chi connectivity index (χ0) is 23.3. The maximum Gasteiger partial charge on any atom is 0.237 e. The van der Waals surface area contributed by atoms with Crippen LogP contribution in [0.2, 0.25) is 0 Å². The van der Waals surface area contributed by atoms with Gasteiger partial charge in [0.15, 0.2) is 17.1 Å². The fraction of sp³-hybridized carbons (Fsp3) is 0.348. The second kappa shape index (κ2) is 10.5. The molecular formula is C23H27FN4O3S. The Balaban J connectivity index is 1.72. The Morgan fingerprint density at radius 1 is 1.06 bits per heavy atom. The van der Waals surface area contributed by atoms with E-state index in [0.717, 1.165) is 5.75 Å². The number of ether oxygens (including phenoxy) is 2. The Morgan fingerprint density at radius 2 is 1.75 bits per heavy atom. The minimum atomic E-state index is -0.467. The molecule has 2 aromatic carbocycles.